The number of hydrogen-bond donors (Lipinski definition) is 3. The van der Waals surface area contributed by atoms with Crippen LogP contribution in [0.3, 0.4) is 0 Å². The molecule has 1 aromatic heterocycles. The smallest absolute Gasteiger partial charge is 0.407 e. The zero-order valence-electron chi connectivity index (χ0n) is 16.1. The van der Waals surface area contributed by atoms with Crippen molar-refractivity contribution in [1.29, 1.82) is 0 Å². The highest BCUT2D eigenvalue weighted by Crippen LogP contribution is 2.07. The second kappa shape index (κ2) is 9.85. The van der Waals surface area contributed by atoms with E-state index in [1.807, 2.05) is 27.8 Å². The van der Waals surface area contributed by atoms with Crippen LogP contribution in [-0.2, 0) is 18.3 Å². The van der Waals surface area contributed by atoms with Crippen molar-refractivity contribution in [2.24, 2.45) is 12.0 Å². The van der Waals surface area contributed by atoms with E-state index in [-0.39, 0.29) is 6.04 Å². The summed E-state index contributed by atoms with van der Waals surface area (Å²) >= 11 is 0. The summed E-state index contributed by atoms with van der Waals surface area (Å²) in [5.41, 5.74) is -0.512. The molecule has 0 saturated heterocycles. The molecule has 142 valence electrons. The van der Waals surface area contributed by atoms with E-state index in [4.69, 9.17) is 4.74 Å². The Kier molecular flexibility index (Phi) is 8.17. The van der Waals surface area contributed by atoms with E-state index in [0.717, 1.165) is 18.7 Å². The van der Waals surface area contributed by atoms with Crippen LogP contribution in [0.15, 0.2) is 11.3 Å². The largest absolute Gasteiger partial charge is 0.444 e. The normalized spacial score (nSPS) is 13.3. The zero-order valence-corrected chi connectivity index (χ0v) is 16.1. The van der Waals surface area contributed by atoms with E-state index in [0.29, 0.717) is 19.0 Å². The Bertz CT molecular complexity index is 563. The van der Waals surface area contributed by atoms with Crippen LogP contribution in [0.5, 0.6) is 0 Å². The minimum absolute atomic E-state index is 0.0479. The van der Waals surface area contributed by atoms with E-state index in [2.05, 4.69) is 37.9 Å². The predicted molar refractivity (Wildman–Crippen MR) is 97.3 cm³/mol. The van der Waals surface area contributed by atoms with Crippen molar-refractivity contribution in [2.75, 3.05) is 13.6 Å². The molecule has 0 spiro atoms. The first-order valence-electron chi connectivity index (χ1n) is 8.52. The van der Waals surface area contributed by atoms with E-state index in [1.165, 1.54) is 6.33 Å². The SMILES string of the molecule is CCCC(CNC(=NC)NCc1ncnn1C)NC(=O)OC(C)(C)C. The minimum Gasteiger partial charge on any atom is -0.444 e. The van der Waals surface area contributed by atoms with Gasteiger partial charge < -0.3 is 20.7 Å². The molecule has 0 saturated carbocycles. The van der Waals surface area contributed by atoms with Gasteiger partial charge in [0.25, 0.3) is 0 Å². The highest BCUT2D eigenvalue weighted by Gasteiger charge is 2.19. The number of hydrogen-bond acceptors (Lipinski definition) is 5. The number of rotatable bonds is 7. The molecule has 0 fully saturated rings. The van der Waals surface area contributed by atoms with Gasteiger partial charge in [0.1, 0.15) is 17.8 Å². The van der Waals surface area contributed by atoms with Crippen LogP contribution in [-0.4, -0.2) is 52.1 Å². The Balaban J connectivity index is 2.48. The van der Waals surface area contributed by atoms with Gasteiger partial charge in [0.05, 0.1) is 6.54 Å². The Labute approximate surface area is 149 Å². The molecular weight excluding hydrogens is 322 g/mol. The standard InChI is InChI=1S/C16H31N7O2/c1-7-8-12(22-15(24)25-16(2,3)4)9-18-14(17-5)19-10-13-20-11-21-23(13)6/h11-12H,7-10H2,1-6H3,(H,22,24)(H2,17,18,19). The molecule has 9 heteroatoms. The summed E-state index contributed by atoms with van der Waals surface area (Å²) in [7, 11) is 3.53. The molecule has 3 N–H and O–H groups in total. The van der Waals surface area contributed by atoms with Crippen LogP contribution in [0.4, 0.5) is 4.79 Å². The summed E-state index contributed by atoms with van der Waals surface area (Å²) < 4.78 is 7.01. The fraction of sp³-hybridized carbons (Fsp3) is 0.750. The van der Waals surface area contributed by atoms with Gasteiger partial charge in [-0.3, -0.25) is 9.67 Å². The van der Waals surface area contributed by atoms with Crippen molar-refractivity contribution in [1.82, 2.24) is 30.7 Å². The average Bonchev–Trinajstić information content (AvgIpc) is 2.91. The molecule has 0 aromatic carbocycles. The number of aliphatic imine (C=N–C) groups is 1. The molecule has 1 atom stereocenters. The lowest BCUT2D eigenvalue weighted by molar-refractivity contribution is 0.0502. The van der Waals surface area contributed by atoms with Gasteiger partial charge in [0.15, 0.2) is 5.96 Å². The van der Waals surface area contributed by atoms with E-state index >= 15 is 0 Å². The Morgan fingerprint density at radius 2 is 2.12 bits per heavy atom. The molecule has 1 amide bonds. The number of aromatic nitrogens is 3. The minimum atomic E-state index is -0.512. The quantitative estimate of drug-likeness (QED) is 0.502. The van der Waals surface area contributed by atoms with Gasteiger partial charge >= 0.3 is 6.09 Å². The summed E-state index contributed by atoms with van der Waals surface area (Å²) in [5, 5.41) is 13.3. The van der Waals surface area contributed by atoms with Crippen molar-refractivity contribution >= 4 is 12.1 Å². The number of carbonyl (C=O) groups excluding carboxylic acids is 1. The van der Waals surface area contributed by atoms with Crippen LogP contribution in [0, 0.1) is 0 Å². The molecule has 0 aliphatic heterocycles. The molecule has 0 aliphatic carbocycles. The highest BCUT2D eigenvalue weighted by molar-refractivity contribution is 5.79. The third-order valence-electron chi connectivity index (χ3n) is 3.32. The Morgan fingerprint density at radius 3 is 2.64 bits per heavy atom. The average molecular weight is 353 g/mol. The first-order chi connectivity index (χ1) is 11.7. The van der Waals surface area contributed by atoms with E-state index in [9.17, 15) is 4.79 Å². The third-order valence-corrected chi connectivity index (χ3v) is 3.32. The zero-order chi connectivity index (χ0) is 18.9. The van der Waals surface area contributed by atoms with Crippen molar-refractivity contribution in [3.63, 3.8) is 0 Å². The van der Waals surface area contributed by atoms with Crippen molar-refractivity contribution in [2.45, 2.75) is 58.7 Å². The van der Waals surface area contributed by atoms with Gasteiger partial charge in [0.2, 0.25) is 0 Å². The molecule has 0 aliphatic rings. The summed E-state index contributed by atoms with van der Waals surface area (Å²) in [6, 6.07) is -0.0479. The Hall–Kier alpha value is -2.32. The number of guanidine groups is 1. The van der Waals surface area contributed by atoms with Crippen LogP contribution in [0.2, 0.25) is 0 Å². The Morgan fingerprint density at radius 1 is 1.40 bits per heavy atom. The van der Waals surface area contributed by atoms with Gasteiger partial charge in [-0.05, 0) is 27.2 Å². The number of carbonyl (C=O) groups is 1. The van der Waals surface area contributed by atoms with Crippen LogP contribution in [0.1, 0.15) is 46.4 Å². The second-order valence-corrected chi connectivity index (χ2v) is 6.74. The molecule has 1 heterocycles. The van der Waals surface area contributed by atoms with Crippen molar-refractivity contribution in [3.8, 4) is 0 Å². The lowest BCUT2D eigenvalue weighted by atomic mass is 10.1. The number of nitrogens with one attached hydrogen (secondary N) is 3. The van der Waals surface area contributed by atoms with Crippen LogP contribution in [0.25, 0.3) is 0 Å². The summed E-state index contributed by atoms with van der Waals surface area (Å²) in [5.74, 6) is 1.44. The first kappa shape index (κ1) is 20.7. The van der Waals surface area contributed by atoms with Crippen molar-refractivity contribution in [3.05, 3.63) is 12.2 Å². The van der Waals surface area contributed by atoms with E-state index < -0.39 is 11.7 Å². The van der Waals surface area contributed by atoms with Crippen molar-refractivity contribution < 1.29 is 9.53 Å². The maximum Gasteiger partial charge on any atom is 0.407 e. The van der Waals surface area contributed by atoms with Gasteiger partial charge in [0, 0.05) is 26.7 Å². The van der Waals surface area contributed by atoms with E-state index in [1.54, 1.807) is 11.7 Å². The molecule has 1 unspecified atom stereocenters. The molecule has 1 rings (SSSR count). The maximum atomic E-state index is 12.0. The van der Waals surface area contributed by atoms with Crippen LogP contribution >= 0.6 is 0 Å². The molecule has 1 aromatic rings. The predicted octanol–water partition coefficient (Wildman–Crippen LogP) is 1.17. The number of alkyl carbamates (subject to hydrolysis) is 1. The van der Waals surface area contributed by atoms with Gasteiger partial charge in [-0.25, -0.2) is 9.78 Å². The molecule has 25 heavy (non-hydrogen) atoms. The number of ether oxygens (including phenoxy) is 1. The number of nitrogens with zero attached hydrogens (tertiary/aromatic N) is 4. The lowest BCUT2D eigenvalue weighted by Crippen LogP contribution is -2.48. The van der Waals surface area contributed by atoms with Gasteiger partial charge in [-0.2, -0.15) is 5.10 Å². The molecule has 0 bridgehead atoms. The third kappa shape index (κ3) is 8.37. The van der Waals surface area contributed by atoms with Gasteiger partial charge in [-0.1, -0.05) is 13.3 Å². The summed E-state index contributed by atoms with van der Waals surface area (Å²) in [4.78, 5) is 20.3. The topological polar surface area (TPSA) is 105 Å². The van der Waals surface area contributed by atoms with Crippen LogP contribution < -0.4 is 16.0 Å². The monoisotopic (exact) mass is 353 g/mol. The first-order valence-corrected chi connectivity index (χ1v) is 8.52. The fourth-order valence-corrected chi connectivity index (χ4v) is 2.13. The molecule has 0 radical (unpaired) electrons. The second-order valence-electron chi connectivity index (χ2n) is 6.74. The van der Waals surface area contributed by atoms with Gasteiger partial charge in [-0.15, -0.1) is 0 Å². The number of amides is 1. The fourth-order valence-electron chi connectivity index (χ4n) is 2.13. The number of aryl methyl sites for hydroxylation is 1. The molecular formula is C16H31N7O2. The highest BCUT2D eigenvalue weighted by atomic mass is 16.6. The molecule has 9 nitrogen and oxygen atoms in total. The lowest BCUT2D eigenvalue weighted by Gasteiger charge is -2.24. The summed E-state index contributed by atoms with van der Waals surface area (Å²) in [6.07, 6.45) is 2.89. The summed E-state index contributed by atoms with van der Waals surface area (Å²) in [6.45, 7) is 8.66. The maximum absolute atomic E-state index is 12.0.